The fourth-order valence-corrected chi connectivity index (χ4v) is 5.30. The van der Waals surface area contributed by atoms with E-state index in [-0.39, 0.29) is 18.0 Å². The molecule has 1 amide bonds. The molecule has 0 aromatic carbocycles. The molecule has 33 heavy (non-hydrogen) atoms. The van der Waals surface area contributed by atoms with Gasteiger partial charge in [0.1, 0.15) is 21.5 Å². The van der Waals surface area contributed by atoms with Gasteiger partial charge in [-0.2, -0.15) is 0 Å². The molecule has 2 aliphatic heterocycles. The molecule has 3 aromatic heterocycles. The van der Waals surface area contributed by atoms with Crippen molar-refractivity contribution in [2.75, 3.05) is 37.6 Å². The van der Waals surface area contributed by atoms with Gasteiger partial charge >= 0.3 is 0 Å². The number of thioether (sulfide) groups is 1. The number of carbonyl (C=O) groups excluding carboxylic acids is 1. The molecule has 5 heterocycles. The lowest BCUT2D eigenvalue weighted by atomic mass is 10.2. The minimum absolute atomic E-state index is 0.204. The van der Waals surface area contributed by atoms with Crippen molar-refractivity contribution in [2.24, 2.45) is 0 Å². The summed E-state index contributed by atoms with van der Waals surface area (Å²) in [5, 5.41) is 0. The lowest BCUT2D eigenvalue weighted by molar-refractivity contribution is -0.122. The quantitative estimate of drug-likeness (QED) is 0.407. The number of carbonyl (C=O) groups is 1. The predicted octanol–water partition coefficient (Wildman–Crippen LogP) is 2.83. The molecule has 0 atom stereocenters. The van der Waals surface area contributed by atoms with Crippen molar-refractivity contribution in [1.82, 2.24) is 19.2 Å². The molecule has 0 bridgehead atoms. The summed E-state index contributed by atoms with van der Waals surface area (Å²) in [4.78, 5) is 37.9. The second-order valence-corrected chi connectivity index (χ2v) is 9.53. The zero-order valence-corrected chi connectivity index (χ0v) is 19.8. The van der Waals surface area contributed by atoms with Gasteiger partial charge in [-0.3, -0.25) is 18.9 Å². The number of aromatic nitrogens is 2. The Hall–Kier alpha value is -2.95. The van der Waals surface area contributed by atoms with Crippen LogP contribution in [0.1, 0.15) is 18.2 Å². The van der Waals surface area contributed by atoms with Gasteiger partial charge in [-0.05, 0) is 36.9 Å². The van der Waals surface area contributed by atoms with E-state index in [9.17, 15) is 9.59 Å². The maximum absolute atomic E-state index is 13.5. The summed E-state index contributed by atoms with van der Waals surface area (Å²) in [6.07, 6.45) is 4.91. The monoisotopic (exact) mass is 481 g/mol. The molecular weight excluding hydrogens is 458 g/mol. The summed E-state index contributed by atoms with van der Waals surface area (Å²) in [6, 6.07) is 9.05. The molecular formula is C23H23N5O3S2. The molecule has 0 unspecified atom stereocenters. The first-order valence-electron chi connectivity index (χ1n) is 10.8. The molecule has 170 valence electrons. The van der Waals surface area contributed by atoms with Crippen LogP contribution in [0.3, 0.4) is 0 Å². The lowest BCUT2D eigenvalue weighted by Gasteiger charge is -2.35. The number of thiocarbonyl (C=S) groups is 1. The number of anilines is 1. The Morgan fingerprint density at radius 3 is 2.70 bits per heavy atom. The summed E-state index contributed by atoms with van der Waals surface area (Å²) in [7, 11) is 0. The molecule has 0 aliphatic carbocycles. The van der Waals surface area contributed by atoms with Gasteiger partial charge in [-0.15, -0.1) is 0 Å². The van der Waals surface area contributed by atoms with Gasteiger partial charge in [0, 0.05) is 32.4 Å². The Morgan fingerprint density at radius 1 is 1.15 bits per heavy atom. The zero-order chi connectivity index (χ0) is 22.9. The number of piperazine rings is 1. The highest BCUT2D eigenvalue weighted by atomic mass is 32.2. The predicted molar refractivity (Wildman–Crippen MR) is 133 cm³/mol. The molecule has 2 aliphatic rings. The van der Waals surface area contributed by atoms with Gasteiger partial charge in [0.15, 0.2) is 0 Å². The van der Waals surface area contributed by atoms with Crippen molar-refractivity contribution in [3.63, 3.8) is 0 Å². The molecule has 5 rings (SSSR count). The van der Waals surface area contributed by atoms with Crippen LogP contribution in [0, 0.1) is 0 Å². The Kier molecular flexibility index (Phi) is 6.05. The topological polar surface area (TPSA) is 74.3 Å². The second kappa shape index (κ2) is 9.12. The number of pyridine rings is 1. The van der Waals surface area contributed by atoms with Crippen LogP contribution in [-0.4, -0.2) is 62.1 Å². The molecule has 0 radical (unpaired) electrons. The van der Waals surface area contributed by atoms with E-state index >= 15 is 0 Å². The highest BCUT2D eigenvalue weighted by Crippen LogP contribution is 2.34. The van der Waals surface area contributed by atoms with Crippen molar-refractivity contribution in [3.8, 4) is 0 Å². The van der Waals surface area contributed by atoms with E-state index in [1.165, 1.54) is 21.1 Å². The van der Waals surface area contributed by atoms with Crippen molar-refractivity contribution >= 4 is 51.7 Å². The largest absolute Gasteiger partial charge is 0.467 e. The third-order valence-corrected chi connectivity index (χ3v) is 7.29. The molecule has 8 nitrogen and oxygen atoms in total. The second-order valence-electron chi connectivity index (χ2n) is 7.85. The van der Waals surface area contributed by atoms with Crippen molar-refractivity contribution < 1.29 is 9.21 Å². The third kappa shape index (κ3) is 4.21. The zero-order valence-electron chi connectivity index (χ0n) is 18.1. The van der Waals surface area contributed by atoms with Gasteiger partial charge in [-0.25, -0.2) is 4.98 Å². The smallest absolute Gasteiger partial charge is 0.267 e. The van der Waals surface area contributed by atoms with Gasteiger partial charge in [0.25, 0.3) is 11.5 Å². The molecule has 2 saturated heterocycles. The maximum atomic E-state index is 13.5. The van der Waals surface area contributed by atoms with Gasteiger partial charge in [0.05, 0.1) is 23.3 Å². The van der Waals surface area contributed by atoms with Gasteiger partial charge in [-0.1, -0.05) is 37.0 Å². The summed E-state index contributed by atoms with van der Waals surface area (Å²) in [5.41, 5.74) is 0.782. The molecule has 0 spiro atoms. The summed E-state index contributed by atoms with van der Waals surface area (Å²) < 4.78 is 7.33. The number of nitrogens with zero attached hydrogens (tertiary/aromatic N) is 5. The first-order valence-corrected chi connectivity index (χ1v) is 12.0. The van der Waals surface area contributed by atoms with Crippen molar-refractivity contribution in [2.45, 2.75) is 13.5 Å². The van der Waals surface area contributed by atoms with Crippen molar-refractivity contribution in [3.05, 3.63) is 69.4 Å². The molecule has 2 fully saturated rings. The van der Waals surface area contributed by atoms with Gasteiger partial charge < -0.3 is 14.2 Å². The summed E-state index contributed by atoms with van der Waals surface area (Å²) in [6.45, 7) is 6.73. The van der Waals surface area contributed by atoms with Crippen LogP contribution in [0.4, 0.5) is 5.82 Å². The molecule has 10 heteroatoms. The van der Waals surface area contributed by atoms with E-state index in [4.69, 9.17) is 21.6 Å². The fraction of sp³-hybridized carbons (Fsp3) is 0.304. The number of likely N-dealkylation sites (N-methyl/N-ethyl adjacent to an activating group) is 1. The fourth-order valence-electron chi connectivity index (χ4n) is 4.06. The van der Waals surface area contributed by atoms with Crippen LogP contribution in [0.5, 0.6) is 0 Å². The van der Waals surface area contributed by atoms with E-state index in [1.54, 1.807) is 36.7 Å². The summed E-state index contributed by atoms with van der Waals surface area (Å²) in [5.74, 6) is 1.02. The Morgan fingerprint density at radius 2 is 1.97 bits per heavy atom. The number of hydrogen-bond donors (Lipinski definition) is 0. The number of fused-ring (bicyclic) bond motifs is 1. The van der Waals surface area contributed by atoms with Crippen LogP contribution in [0.2, 0.25) is 0 Å². The standard InChI is InChI=1S/C23H23N5O3S2/c1-2-25-9-11-26(12-10-25)20-17(21(29)27-8-4-3-7-19(27)24-20)14-18-22(30)28(23(32)33-18)15-16-6-5-13-31-16/h3-8,13-14H,2,9-12,15H2,1H3. The van der Waals surface area contributed by atoms with E-state index in [0.717, 1.165) is 32.7 Å². The van der Waals surface area contributed by atoms with Crippen LogP contribution in [-0.2, 0) is 11.3 Å². The Labute approximate surface area is 200 Å². The highest BCUT2D eigenvalue weighted by Gasteiger charge is 2.33. The van der Waals surface area contributed by atoms with Crippen molar-refractivity contribution in [1.29, 1.82) is 0 Å². The first kappa shape index (κ1) is 21.9. The minimum Gasteiger partial charge on any atom is -0.467 e. The van der Waals surface area contributed by atoms with Gasteiger partial charge in [0.2, 0.25) is 0 Å². The number of amides is 1. The Bertz CT molecular complexity index is 1290. The molecule has 0 saturated carbocycles. The highest BCUT2D eigenvalue weighted by molar-refractivity contribution is 8.26. The van der Waals surface area contributed by atoms with Crippen LogP contribution in [0.15, 0.2) is 56.9 Å². The summed E-state index contributed by atoms with van der Waals surface area (Å²) >= 11 is 6.65. The van der Waals surface area contributed by atoms with Crippen LogP contribution >= 0.6 is 24.0 Å². The Balaban J connectivity index is 1.55. The number of hydrogen-bond acceptors (Lipinski definition) is 8. The van der Waals surface area contributed by atoms with E-state index in [2.05, 4.69) is 16.7 Å². The van der Waals surface area contributed by atoms with E-state index in [0.29, 0.717) is 32.0 Å². The average molecular weight is 482 g/mol. The third-order valence-electron chi connectivity index (χ3n) is 5.91. The van der Waals surface area contributed by atoms with E-state index in [1.807, 2.05) is 12.1 Å². The number of rotatable bonds is 5. The minimum atomic E-state index is -0.235. The average Bonchev–Trinajstić information content (AvgIpc) is 3.45. The number of furan rings is 1. The first-order chi connectivity index (χ1) is 16.0. The SMILES string of the molecule is CCN1CCN(c2nc3ccccn3c(=O)c2C=C2SC(=S)N(Cc3ccco3)C2=O)CC1. The van der Waals surface area contributed by atoms with Crippen LogP contribution < -0.4 is 10.5 Å². The maximum Gasteiger partial charge on any atom is 0.267 e. The molecule has 3 aromatic rings. The van der Waals surface area contributed by atoms with Crippen LogP contribution in [0.25, 0.3) is 11.7 Å². The molecule has 0 N–H and O–H groups in total. The lowest BCUT2D eigenvalue weighted by Crippen LogP contribution is -2.47. The van der Waals surface area contributed by atoms with E-state index < -0.39 is 0 Å². The normalized spacial score (nSPS) is 18.8.